The van der Waals surface area contributed by atoms with Gasteiger partial charge in [-0.05, 0) is 25.1 Å². The first-order valence-electron chi connectivity index (χ1n) is 10.8. The molecule has 0 atom stereocenters. The van der Waals surface area contributed by atoms with Gasteiger partial charge in [-0.15, -0.1) is 0 Å². The molecule has 1 fully saturated rings. The van der Waals surface area contributed by atoms with Crippen molar-refractivity contribution in [1.82, 2.24) is 23.8 Å². The minimum absolute atomic E-state index is 0.181. The minimum Gasteiger partial charge on any atom is -0.295 e. The van der Waals surface area contributed by atoms with Crippen LogP contribution in [0.1, 0.15) is 11.3 Å². The van der Waals surface area contributed by atoms with Crippen LogP contribution in [0.5, 0.6) is 0 Å². The summed E-state index contributed by atoms with van der Waals surface area (Å²) in [6, 6.07) is 11.9. The fourth-order valence-electron chi connectivity index (χ4n) is 3.89. The topological polar surface area (TPSA) is 87.9 Å². The molecule has 182 valence electrons. The van der Waals surface area contributed by atoms with Gasteiger partial charge in [0.2, 0.25) is 15.0 Å². The minimum atomic E-state index is -3.94. The molecule has 0 spiro atoms. The molecule has 0 aliphatic carbocycles. The maximum atomic E-state index is 13.5. The molecule has 1 aliphatic heterocycles. The van der Waals surface area contributed by atoms with E-state index in [0.717, 1.165) is 23.3 Å². The Bertz CT molecular complexity index is 1560. The number of aryl methyl sites for hydroxylation is 1. The summed E-state index contributed by atoms with van der Waals surface area (Å²) in [5.74, 6) is -2.30. The fraction of sp³-hybridized carbons (Fsp3) is 0.261. The van der Waals surface area contributed by atoms with Gasteiger partial charge < -0.3 is 0 Å². The Morgan fingerprint density at radius 1 is 0.971 bits per heavy atom. The van der Waals surface area contributed by atoms with Crippen molar-refractivity contribution in [2.75, 3.05) is 26.2 Å². The van der Waals surface area contributed by atoms with Crippen molar-refractivity contribution in [2.24, 2.45) is 0 Å². The predicted molar refractivity (Wildman–Crippen MR) is 128 cm³/mol. The van der Waals surface area contributed by atoms with Crippen LogP contribution in [0.25, 0.3) is 15.5 Å². The van der Waals surface area contributed by atoms with E-state index in [1.807, 2.05) is 36.1 Å². The lowest BCUT2D eigenvalue weighted by Crippen LogP contribution is -2.48. The third-order valence-electron chi connectivity index (χ3n) is 5.84. The van der Waals surface area contributed by atoms with Crippen molar-refractivity contribution in [1.29, 1.82) is 0 Å². The van der Waals surface area contributed by atoms with Gasteiger partial charge in [0.25, 0.3) is 5.56 Å². The first-order chi connectivity index (χ1) is 16.7. The van der Waals surface area contributed by atoms with Gasteiger partial charge >= 0.3 is 0 Å². The van der Waals surface area contributed by atoms with Crippen LogP contribution in [0, 0.1) is 18.6 Å². The second-order valence-electron chi connectivity index (χ2n) is 8.31. The zero-order valence-corrected chi connectivity index (χ0v) is 20.3. The summed E-state index contributed by atoms with van der Waals surface area (Å²) in [7, 11) is -3.94. The predicted octanol–water partition coefficient (Wildman–Crippen LogP) is 2.91. The van der Waals surface area contributed by atoms with E-state index in [-0.39, 0.29) is 23.5 Å². The number of hydrogen-bond donors (Lipinski definition) is 0. The summed E-state index contributed by atoms with van der Waals surface area (Å²) in [6.07, 6.45) is 0. The molecule has 3 heterocycles. The summed E-state index contributed by atoms with van der Waals surface area (Å²) in [5.41, 5.74) is 2.33. The maximum absolute atomic E-state index is 13.5. The largest absolute Gasteiger partial charge is 0.295 e. The summed E-state index contributed by atoms with van der Waals surface area (Å²) >= 11 is 1.33. The van der Waals surface area contributed by atoms with Crippen LogP contribution in [0.3, 0.4) is 0 Å². The van der Waals surface area contributed by atoms with Gasteiger partial charge in [0.15, 0.2) is 11.6 Å². The number of halogens is 2. The Hall–Kier alpha value is -3.06. The maximum Gasteiger partial charge on any atom is 0.275 e. The van der Waals surface area contributed by atoms with Crippen LogP contribution in [0.4, 0.5) is 8.78 Å². The SMILES string of the molecule is Cc1ccc(-c2nn3c(=O)cc(CN4CCN(S(=O)(=O)c5ccc(F)c(F)c5)CC4)nc3s2)cc1. The molecule has 0 amide bonds. The highest BCUT2D eigenvalue weighted by Gasteiger charge is 2.29. The first-order valence-corrected chi connectivity index (χ1v) is 13.1. The second kappa shape index (κ2) is 9.19. The molecule has 8 nitrogen and oxygen atoms in total. The van der Waals surface area contributed by atoms with E-state index < -0.39 is 21.7 Å². The van der Waals surface area contributed by atoms with Gasteiger partial charge in [0, 0.05) is 44.4 Å². The second-order valence-corrected chi connectivity index (χ2v) is 11.2. The van der Waals surface area contributed by atoms with Crippen molar-refractivity contribution < 1.29 is 17.2 Å². The third kappa shape index (κ3) is 4.74. The molecule has 0 saturated carbocycles. The molecule has 0 bridgehead atoms. The number of benzene rings is 2. The summed E-state index contributed by atoms with van der Waals surface area (Å²) < 4.78 is 54.9. The Balaban J connectivity index is 1.29. The number of piperazine rings is 1. The molecule has 2 aromatic heterocycles. The van der Waals surface area contributed by atoms with E-state index in [1.165, 1.54) is 26.2 Å². The standard InChI is InChI=1S/C23H21F2N5O3S2/c1-15-2-4-16(5-3-15)22-27-30-21(31)12-17(26-23(30)34-22)14-28-8-10-29(11-9-28)35(32,33)18-6-7-19(24)20(25)13-18/h2-7,12-13H,8-11,14H2,1H3. The lowest BCUT2D eigenvalue weighted by molar-refractivity contribution is 0.180. The quantitative estimate of drug-likeness (QED) is 0.405. The molecule has 35 heavy (non-hydrogen) atoms. The van der Waals surface area contributed by atoms with Gasteiger partial charge in [0.1, 0.15) is 5.01 Å². The van der Waals surface area contributed by atoms with Gasteiger partial charge in [0.05, 0.1) is 10.6 Å². The molecule has 0 radical (unpaired) electrons. The number of sulfonamides is 1. The number of hydrogen-bond acceptors (Lipinski definition) is 7. The van der Waals surface area contributed by atoms with Crippen molar-refractivity contribution >= 4 is 26.3 Å². The molecular formula is C23H21F2N5O3S2. The lowest BCUT2D eigenvalue weighted by Gasteiger charge is -2.33. The first kappa shape index (κ1) is 23.7. The average molecular weight is 518 g/mol. The zero-order chi connectivity index (χ0) is 24.7. The van der Waals surface area contributed by atoms with E-state index >= 15 is 0 Å². The fourth-order valence-corrected chi connectivity index (χ4v) is 6.26. The molecule has 1 aliphatic rings. The van der Waals surface area contributed by atoms with Crippen LogP contribution in [-0.4, -0.2) is 58.4 Å². The zero-order valence-electron chi connectivity index (χ0n) is 18.7. The molecule has 0 unspecified atom stereocenters. The van der Waals surface area contributed by atoms with Gasteiger partial charge in [-0.1, -0.05) is 41.2 Å². The lowest BCUT2D eigenvalue weighted by atomic mass is 10.2. The van der Waals surface area contributed by atoms with Crippen LogP contribution in [-0.2, 0) is 16.6 Å². The molecule has 2 aromatic carbocycles. The van der Waals surface area contributed by atoms with Crippen LogP contribution < -0.4 is 5.56 Å². The van der Waals surface area contributed by atoms with Crippen molar-refractivity contribution in [3.05, 3.63) is 81.8 Å². The highest BCUT2D eigenvalue weighted by molar-refractivity contribution is 7.89. The molecule has 4 aromatic rings. The van der Waals surface area contributed by atoms with E-state index in [2.05, 4.69) is 10.1 Å². The van der Waals surface area contributed by atoms with E-state index in [0.29, 0.717) is 41.4 Å². The molecular weight excluding hydrogens is 496 g/mol. The van der Waals surface area contributed by atoms with Crippen molar-refractivity contribution in [3.8, 4) is 10.6 Å². The number of rotatable bonds is 5. The number of fused-ring (bicyclic) bond motifs is 1. The molecule has 0 N–H and O–H groups in total. The van der Waals surface area contributed by atoms with Crippen LogP contribution >= 0.6 is 11.3 Å². The van der Waals surface area contributed by atoms with Crippen molar-refractivity contribution in [3.63, 3.8) is 0 Å². The Labute approximate surface area is 204 Å². The summed E-state index contributed by atoms with van der Waals surface area (Å²) in [5, 5.41) is 5.10. The normalized spacial score (nSPS) is 15.6. The Morgan fingerprint density at radius 2 is 1.69 bits per heavy atom. The van der Waals surface area contributed by atoms with Gasteiger partial charge in [-0.2, -0.15) is 13.9 Å². The highest BCUT2D eigenvalue weighted by atomic mass is 32.2. The third-order valence-corrected chi connectivity index (χ3v) is 8.69. The molecule has 5 rings (SSSR count). The molecule has 1 saturated heterocycles. The Kier molecular flexibility index (Phi) is 6.21. The highest BCUT2D eigenvalue weighted by Crippen LogP contribution is 2.25. The summed E-state index contributed by atoms with van der Waals surface area (Å²) in [4.78, 5) is 19.4. The molecule has 12 heteroatoms. The van der Waals surface area contributed by atoms with E-state index in [1.54, 1.807) is 0 Å². The van der Waals surface area contributed by atoms with Crippen LogP contribution in [0.15, 0.2) is 58.2 Å². The Morgan fingerprint density at radius 3 is 2.37 bits per heavy atom. The number of aromatic nitrogens is 3. The smallest absolute Gasteiger partial charge is 0.275 e. The van der Waals surface area contributed by atoms with E-state index in [4.69, 9.17) is 0 Å². The van der Waals surface area contributed by atoms with Gasteiger partial charge in [-0.3, -0.25) is 9.69 Å². The van der Waals surface area contributed by atoms with Crippen molar-refractivity contribution in [2.45, 2.75) is 18.4 Å². The average Bonchev–Trinajstić information content (AvgIpc) is 3.26. The van der Waals surface area contributed by atoms with Gasteiger partial charge in [-0.25, -0.2) is 22.2 Å². The number of nitrogens with zero attached hydrogens (tertiary/aromatic N) is 5. The monoisotopic (exact) mass is 517 g/mol. The van der Waals surface area contributed by atoms with Crippen LogP contribution in [0.2, 0.25) is 0 Å². The summed E-state index contributed by atoms with van der Waals surface area (Å²) in [6.45, 7) is 3.55. The van der Waals surface area contributed by atoms with E-state index in [9.17, 15) is 22.0 Å².